The van der Waals surface area contributed by atoms with E-state index >= 15 is 0 Å². The summed E-state index contributed by atoms with van der Waals surface area (Å²) >= 11 is 0. The highest BCUT2D eigenvalue weighted by molar-refractivity contribution is 6.02. The van der Waals surface area contributed by atoms with Crippen LogP contribution in [-0.4, -0.2) is 7.11 Å². The average molecular weight is 404 g/mol. The van der Waals surface area contributed by atoms with Crippen LogP contribution in [0.4, 0.5) is 0 Å². The van der Waals surface area contributed by atoms with Crippen LogP contribution in [-0.2, 0) is 0 Å². The van der Waals surface area contributed by atoms with E-state index in [-0.39, 0.29) is 0 Å². The lowest BCUT2D eigenvalue weighted by molar-refractivity contribution is 0.420. The number of para-hydroxylation sites is 1. The van der Waals surface area contributed by atoms with Gasteiger partial charge in [0.05, 0.1) is 7.11 Å². The second-order valence-electron chi connectivity index (χ2n) is 7.47. The molecular weight excluding hydrogens is 380 g/mol. The molecule has 0 saturated heterocycles. The van der Waals surface area contributed by atoms with Crippen molar-refractivity contribution in [3.8, 4) is 22.6 Å². The molecular formula is C29H23O2. The largest absolute Gasteiger partial charge is 0.496 e. The first kappa shape index (κ1) is 19.2. The highest BCUT2D eigenvalue weighted by Crippen LogP contribution is 2.39. The number of methoxy groups -OCH3 is 1. The van der Waals surface area contributed by atoms with Crippen molar-refractivity contribution in [3.63, 3.8) is 0 Å². The topological polar surface area (TPSA) is 18.5 Å². The van der Waals surface area contributed by atoms with E-state index in [0.29, 0.717) is 0 Å². The van der Waals surface area contributed by atoms with Gasteiger partial charge in [-0.2, -0.15) is 0 Å². The highest BCUT2D eigenvalue weighted by Gasteiger charge is 2.16. The van der Waals surface area contributed by atoms with Crippen LogP contribution in [0.1, 0.15) is 12.0 Å². The molecule has 0 amide bonds. The van der Waals surface area contributed by atoms with Gasteiger partial charge in [-0.3, -0.25) is 0 Å². The molecule has 0 N–H and O–H groups in total. The zero-order chi connectivity index (χ0) is 21.0. The van der Waals surface area contributed by atoms with E-state index in [0.717, 1.165) is 29.1 Å². The first-order chi connectivity index (χ1) is 15.3. The number of hydrogen-bond acceptors (Lipinski definition) is 2. The normalized spacial score (nSPS) is 13.5. The van der Waals surface area contributed by atoms with Crippen molar-refractivity contribution in [2.24, 2.45) is 0 Å². The van der Waals surface area contributed by atoms with Crippen LogP contribution in [0, 0.1) is 6.42 Å². The fourth-order valence-electron chi connectivity index (χ4n) is 4.11. The molecule has 151 valence electrons. The van der Waals surface area contributed by atoms with Crippen molar-refractivity contribution in [1.29, 1.82) is 0 Å². The van der Waals surface area contributed by atoms with Crippen LogP contribution >= 0.6 is 0 Å². The smallest absolute Gasteiger partial charge is 0.127 e. The fourth-order valence-corrected chi connectivity index (χ4v) is 4.11. The Bertz CT molecular complexity index is 1280. The molecule has 0 aromatic heterocycles. The molecule has 1 aliphatic carbocycles. The van der Waals surface area contributed by atoms with Gasteiger partial charge in [-0.25, -0.2) is 0 Å². The van der Waals surface area contributed by atoms with Crippen molar-refractivity contribution in [2.45, 2.75) is 6.42 Å². The zero-order valence-corrected chi connectivity index (χ0v) is 17.4. The third-order valence-corrected chi connectivity index (χ3v) is 5.57. The lowest BCUT2D eigenvalue weighted by Crippen LogP contribution is -2.01. The average Bonchev–Trinajstić information content (AvgIpc) is 2.84. The molecule has 2 heteroatoms. The predicted molar refractivity (Wildman–Crippen MR) is 128 cm³/mol. The maximum Gasteiger partial charge on any atom is 0.127 e. The van der Waals surface area contributed by atoms with Gasteiger partial charge >= 0.3 is 0 Å². The second-order valence-corrected chi connectivity index (χ2v) is 7.47. The Hall–Kier alpha value is -3.78. The van der Waals surface area contributed by atoms with E-state index in [1.807, 2.05) is 30.3 Å². The summed E-state index contributed by atoms with van der Waals surface area (Å²) in [7, 11) is 1.72. The first-order valence-corrected chi connectivity index (χ1v) is 10.5. The van der Waals surface area contributed by atoms with Gasteiger partial charge in [-0.15, -0.1) is 0 Å². The molecule has 0 bridgehead atoms. The summed E-state index contributed by atoms with van der Waals surface area (Å²) in [6.45, 7) is 0. The molecule has 1 aliphatic rings. The minimum absolute atomic E-state index is 0.839. The SMILES string of the molecule is COc1ccc(-c2ccccc2C2=CC(Oc3ccccc3)=CC[CH]2)c2ccccc12. The number of fused-ring (bicyclic) bond motifs is 1. The number of benzene rings is 4. The minimum Gasteiger partial charge on any atom is -0.496 e. The molecule has 0 unspecified atom stereocenters. The Kier molecular flexibility index (Phi) is 5.28. The molecule has 4 aromatic carbocycles. The first-order valence-electron chi connectivity index (χ1n) is 10.5. The standard InChI is InChI=1S/C29H23O2/c1-30-29-19-18-27(26-16-7-8-17-28(26)29)25-15-6-5-14-24(25)21-10-9-13-23(20-21)31-22-11-3-2-4-12-22/h2-8,10-20H,9H2,1H3. The van der Waals surface area contributed by atoms with Gasteiger partial charge < -0.3 is 9.47 Å². The molecule has 2 nitrogen and oxygen atoms in total. The van der Waals surface area contributed by atoms with Crippen LogP contribution in [0.2, 0.25) is 0 Å². The molecule has 0 aliphatic heterocycles. The lowest BCUT2D eigenvalue weighted by atomic mass is 9.88. The summed E-state index contributed by atoms with van der Waals surface area (Å²) in [5.74, 6) is 2.61. The van der Waals surface area contributed by atoms with Crippen molar-refractivity contribution >= 4 is 16.3 Å². The van der Waals surface area contributed by atoms with Crippen LogP contribution < -0.4 is 9.47 Å². The molecule has 4 aromatic rings. The molecule has 0 saturated carbocycles. The Labute approximate surface area is 183 Å². The van der Waals surface area contributed by atoms with Gasteiger partial charge in [0.2, 0.25) is 0 Å². The van der Waals surface area contributed by atoms with Gasteiger partial charge in [0.15, 0.2) is 0 Å². The minimum atomic E-state index is 0.839. The summed E-state index contributed by atoms with van der Waals surface area (Å²) in [6, 6.07) is 31.1. The van der Waals surface area contributed by atoms with E-state index in [9.17, 15) is 0 Å². The molecule has 0 heterocycles. The third-order valence-electron chi connectivity index (χ3n) is 5.57. The van der Waals surface area contributed by atoms with Gasteiger partial charge in [-0.1, -0.05) is 72.8 Å². The Morgan fingerprint density at radius 1 is 0.645 bits per heavy atom. The summed E-state index contributed by atoms with van der Waals surface area (Å²) in [6.07, 6.45) is 7.33. The van der Waals surface area contributed by atoms with Crippen molar-refractivity contribution < 1.29 is 9.47 Å². The zero-order valence-electron chi connectivity index (χ0n) is 17.4. The molecule has 0 spiro atoms. The van der Waals surface area contributed by atoms with Crippen LogP contribution in [0.25, 0.3) is 27.5 Å². The van der Waals surface area contributed by atoms with E-state index in [4.69, 9.17) is 9.47 Å². The van der Waals surface area contributed by atoms with Crippen LogP contribution in [0.15, 0.2) is 109 Å². The molecule has 0 atom stereocenters. The lowest BCUT2D eigenvalue weighted by Gasteiger charge is -2.19. The molecule has 5 rings (SSSR count). The van der Waals surface area contributed by atoms with Gasteiger partial charge in [-0.05, 0) is 70.8 Å². The molecule has 31 heavy (non-hydrogen) atoms. The molecule has 1 radical (unpaired) electrons. The fraction of sp³-hybridized carbons (Fsp3) is 0.0690. The maximum atomic E-state index is 6.10. The van der Waals surface area contributed by atoms with E-state index in [2.05, 4.69) is 79.2 Å². The van der Waals surface area contributed by atoms with Gasteiger partial charge in [0.25, 0.3) is 0 Å². The van der Waals surface area contributed by atoms with E-state index in [1.54, 1.807) is 7.11 Å². The third kappa shape index (κ3) is 3.85. The van der Waals surface area contributed by atoms with E-state index < -0.39 is 0 Å². The van der Waals surface area contributed by atoms with Crippen molar-refractivity contribution in [2.75, 3.05) is 7.11 Å². The monoisotopic (exact) mass is 403 g/mol. The second kappa shape index (κ2) is 8.53. The van der Waals surface area contributed by atoms with Crippen LogP contribution in [0.3, 0.4) is 0 Å². The summed E-state index contributed by atoms with van der Waals surface area (Å²) < 4.78 is 11.7. The van der Waals surface area contributed by atoms with Crippen LogP contribution in [0.5, 0.6) is 11.5 Å². The number of ether oxygens (including phenoxy) is 2. The predicted octanol–water partition coefficient (Wildman–Crippen LogP) is 7.47. The number of allylic oxidation sites excluding steroid dienone is 3. The Morgan fingerprint density at radius 2 is 1.35 bits per heavy atom. The highest BCUT2D eigenvalue weighted by atomic mass is 16.5. The summed E-state index contributed by atoms with van der Waals surface area (Å²) in [4.78, 5) is 0. The Balaban J connectivity index is 1.58. The van der Waals surface area contributed by atoms with Gasteiger partial charge in [0, 0.05) is 5.39 Å². The number of rotatable bonds is 5. The molecule has 0 fully saturated rings. The maximum absolute atomic E-state index is 6.10. The number of hydrogen-bond donors (Lipinski definition) is 0. The summed E-state index contributed by atoms with van der Waals surface area (Å²) in [5.41, 5.74) is 4.76. The van der Waals surface area contributed by atoms with Gasteiger partial charge in [0.1, 0.15) is 17.3 Å². The van der Waals surface area contributed by atoms with Crippen molar-refractivity contribution in [1.82, 2.24) is 0 Å². The quantitative estimate of drug-likeness (QED) is 0.344. The van der Waals surface area contributed by atoms with Crippen molar-refractivity contribution in [3.05, 3.63) is 121 Å². The van der Waals surface area contributed by atoms with E-state index in [1.165, 1.54) is 27.6 Å². The summed E-state index contributed by atoms with van der Waals surface area (Å²) in [5, 5.41) is 2.30. The Morgan fingerprint density at radius 3 is 2.16 bits per heavy atom.